The zero-order valence-electron chi connectivity index (χ0n) is 25.2. The predicted molar refractivity (Wildman–Crippen MR) is 181 cm³/mol. The molecule has 0 saturated heterocycles. The van der Waals surface area contributed by atoms with Crippen molar-refractivity contribution in [1.29, 1.82) is 0 Å². The van der Waals surface area contributed by atoms with Crippen LogP contribution in [0, 0.1) is 0 Å². The summed E-state index contributed by atoms with van der Waals surface area (Å²) in [5.74, 6) is 0.488. The second-order valence-corrected chi connectivity index (χ2v) is 11.9. The normalized spacial score (nSPS) is 13.3. The number of nitrogens with zero attached hydrogens (tertiary/aromatic N) is 3. The first-order valence-corrected chi connectivity index (χ1v) is 15.3. The Hall–Kier alpha value is -4.33. The molecule has 0 radical (unpaired) electrons. The number of carbonyl (C=O) groups is 2. The maximum Gasteiger partial charge on any atom is 0.335 e. The summed E-state index contributed by atoms with van der Waals surface area (Å²) in [6, 6.07) is 26.7. The van der Waals surface area contributed by atoms with E-state index in [1.54, 1.807) is 31.1 Å². The third-order valence-corrected chi connectivity index (χ3v) is 8.55. The maximum atomic E-state index is 12.7. The van der Waals surface area contributed by atoms with E-state index < -0.39 is 5.97 Å². The highest BCUT2D eigenvalue weighted by atomic mass is 35.5. The van der Waals surface area contributed by atoms with Gasteiger partial charge in [-0.25, -0.2) is 9.78 Å². The molecule has 1 saturated carbocycles. The zero-order valence-corrected chi connectivity index (χ0v) is 26.8. The van der Waals surface area contributed by atoms with E-state index >= 15 is 0 Å². The molecule has 0 unspecified atom stereocenters. The van der Waals surface area contributed by atoms with Crippen LogP contribution in [0.4, 0.5) is 0 Å². The molecule has 1 N–H and O–H groups in total. The molecule has 5 aromatic rings. The lowest BCUT2D eigenvalue weighted by atomic mass is 9.95. The third-order valence-electron chi connectivity index (χ3n) is 8.30. The van der Waals surface area contributed by atoms with Gasteiger partial charge in [-0.15, -0.1) is 12.4 Å². The third kappa shape index (κ3) is 6.85. The van der Waals surface area contributed by atoms with Crippen LogP contribution < -0.4 is 4.74 Å². The number of ether oxygens (including phenoxy) is 1. The number of hydrogen-bond acceptors (Lipinski definition) is 4. The van der Waals surface area contributed by atoms with Crippen molar-refractivity contribution in [2.45, 2.75) is 44.8 Å². The Kier molecular flexibility index (Phi) is 9.80. The van der Waals surface area contributed by atoms with Crippen molar-refractivity contribution < 1.29 is 19.4 Å². The van der Waals surface area contributed by atoms with Gasteiger partial charge in [0.05, 0.1) is 16.6 Å². The van der Waals surface area contributed by atoms with E-state index in [0.717, 1.165) is 46.4 Å². The topological polar surface area (TPSA) is 84.7 Å². The number of aromatic nitrogens is 2. The molecule has 232 valence electrons. The van der Waals surface area contributed by atoms with Crippen LogP contribution in [0.5, 0.6) is 5.75 Å². The lowest BCUT2D eigenvalue weighted by Crippen LogP contribution is -2.21. The fourth-order valence-corrected chi connectivity index (χ4v) is 6.15. The number of carboxylic acids is 1. The van der Waals surface area contributed by atoms with Gasteiger partial charge in [-0.3, -0.25) is 4.79 Å². The predicted octanol–water partition coefficient (Wildman–Crippen LogP) is 8.93. The summed E-state index contributed by atoms with van der Waals surface area (Å²) in [6.45, 7) is 0.268. The molecular weight excluding hydrogens is 609 g/mol. The maximum absolute atomic E-state index is 12.7. The number of carbonyl (C=O) groups excluding carboxylic acids is 1. The molecule has 4 aromatic carbocycles. The first kappa shape index (κ1) is 32.1. The SMILES string of the molecule is CN(C)C(=O)c1ccc(-c2ccc(Cl)cc2)c(COc2ccc(-c3nc4cc(C(=O)O)ccc4n3C3CCCCC3)cc2)c1.Cl. The van der Waals surface area contributed by atoms with Crippen molar-refractivity contribution in [1.82, 2.24) is 14.5 Å². The molecule has 1 heterocycles. The van der Waals surface area contributed by atoms with Gasteiger partial charge in [-0.2, -0.15) is 0 Å². The van der Waals surface area contributed by atoms with Crippen LogP contribution in [0.15, 0.2) is 84.9 Å². The molecule has 0 bridgehead atoms. The Balaban J connectivity index is 0.00000400. The van der Waals surface area contributed by atoms with Crippen LogP contribution in [0.25, 0.3) is 33.5 Å². The van der Waals surface area contributed by atoms with Crippen molar-refractivity contribution in [3.63, 3.8) is 0 Å². The van der Waals surface area contributed by atoms with Crippen LogP contribution >= 0.6 is 24.0 Å². The molecule has 6 rings (SSSR count). The largest absolute Gasteiger partial charge is 0.489 e. The highest BCUT2D eigenvalue weighted by molar-refractivity contribution is 6.30. The van der Waals surface area contributed by atoms with Gasteiger partial charge in [0.2, 0.25) is 0 Å². The van der Waals surface area contributed by atoms with E-state index in [0.29, 0.717) is 27.9 Å². The first-order valence-electron chi connectivity index (χ1n) is 14.9. The number of rotatable bonds is 8. The van der Waals surface area contributed by atoms with Crippen LogP contribution in [0.1, 0.15) is 64.4 Å². The number of amides is 1. The zero-order chi connectivity index (χ0) is 30.8. The van der Waals surface area contributed by atoms with Crippen molar-refractivity contribution in [3.8, 4) is 28.3 Å². The quantitative estimate of drug-likeness (QED) is 0.182. The molecule has 45 heavy (non-hydrogen) atoms. The summed E-state index contributed by atoms with van der Waals surface area (Å²) in [7, 11) is 3.47. The highest BCUT2D eigenvalue weighted by Crippen LogP contribution is 2.37. The molecule has 7 nitrogen and oxygen atoms in total. The number of carboxylic acid groups (broad SMARTS) is 1. The van der Waals surface area contributed by atoms with Gasteiger partial charge in [0.1, 0.15) is 18.2 Å². The van der Waals surface area contributed by atoms with E-state index in [4.69, 9.17) is 21.3 Å². The minimum absolute atomic E-state index is 0. The number of hydrogen-bond donors (Lipinski definition) is 1. The van der Waals surface area contributed by atoms with Gasteiger partial charge in [0.15, 0.2) is 0 Å². The summed E-state index contributed by atoms with van der Waals surface area (Å²) in [5, 5.41) is 10.2. The highest BCUT2D eigenvalue weighted by Gasteiger charge is 2.23. The van der Waals surface area contributed by atoms with Crippen molar-refractivity contribution in [2.75, 3.05) is 14.1 Å². The fourth-order valence-electron chi connectivity index (χ4n) is 6.02. The monoisotopic (exact) mass is 643 g/mol. The van der Waals surface area contributed by atoms with Gasteiger partial charge in [0.25, 0.3) is 5.91 Å². The number of fused-ring (bicyclic) bond motifs is 1. The van der Waals surface area contributed by atoms with Crippen LogP contribution in [-0.2, 0) is 6.61 Å². The number of halogens is 2. The smallest absolute Gasteiger partial charge is 0.335 e. The second kappa shape index (κ2) is 13.8. The minimum Gasteiger partial charge on any atom is -0.489 e. The van der Waals surface area contributed by atoms with Gasteiger partial charge >= 0.3 is 5.97 Å². The Labute approximate surface area is 273 Å². The lowest BCUT2D eigenvalue weighted by molar-refractivity contribution is 0.0696. The molecule has 9 heteroatoms. The van der Waals surface area contributed by atoms with Gasteiger partial charge in [-0.05, 0) is 96.3 Å². The van der Waals surface area contributed by atoms with Crippen molar-refractivity contribution in [3.05, 3.63) is 107 Å². The molecule has 0 spiro atoms. The van der Waals surface area contributed by atoms with Gasteiger partial charge < -0.3 is 19.3 Å². The standard InChI is InChI=1S/C36H34ClN3O4.ClH/c1-39(2)35(41)25-12-18-31(23-8-14-28(37)15-9-23)27(20-25)22-44-30-16-10-24(11-17-30)34-38-32-21-26(36(42)43)13-19-33(32)40(34)29-6-4-3-5-7-29;/h8-21,29H,3-7,22H2,1-2H3,(H,42,43);1H. The van der Waals surface area contributed by atoms with E-state index in [-0.39, 0.29) is 30.5 Å². The van der Waals surface area contributed by atoms with Crippen molar-refractivity contribution in [2.24, 2.45) is 0 Å². The first-order chi connectivity index (χ1) is 21.3. The van der Waals surface area contributed by atoms with E-state index in [1.165, 1.54) is 19.3 Å². The Morgan fingerprint density at radius 1 is 0.889 bits per heavy atom. The minimum atomic E-state index is -0.960. The average Bonchev–Trinajstić information content (AvgIpc) is 3.43. The Morgan fingerprint density at radius 2 is 1.56 bits per heavy atom. The van der Waals surface area contributed by atoms with Gasteiger partial charge in [-0.1, -0.05) is 49.1 Å². The molecule has 1 amide bonds. The number of benzene rings is 4. The summed E-state index contributed by atoms with van der Waals surface area (Å²) >= 11 is 6.13. The Morgan fingerprint density at radius 3 is 2.22 bits per heavy atom. The second-order valence-electron chi connectivity index (χ2n) is 11.5. The summed E-state index contributed by atoms with van der Waals surface area (Å²) < 4.78 is 8.56. The molecule has 1 aromatic heterocycles. The molecule has 0 aliphatic heterocycles. The van der Waals surface area contributed by atoms with Crippen molar-refractivity contribution >= 4 is 46.9 Å². The number of imidazole rings is 1. The Bertz CT molecular complexity index is 1830. The average molecular weight is 645 g/mol. The molecule has 1 aliphatic carbocycles. The molecular formula is C36H35Cl2N3O4. The summed E-state index contributed by atoms with van der Waals surface area (Å²) in [6.07, 6.45) is 5.73. The van der Waals surface area contributed by atoms with E-state index in [1.807, 2.05) is 72.8 Å². The van der Waals surface area contributed by atoms with Crippen LogP contribution in [-0.4, -0.2) is 45.5 Å². The fraction of sp³-hybridized carbons (Fsp3) is 0.250. The summed E-state index contributed by atoms with van der Waals surface area (Å²) in [4.78, 5) is 30.8. The van der Waals surface area contributed by atoms with Crippen LogP contribution in [0.3, 0.4) is 0 Å². The summed E-state index contributed by atoms with van der Waals surface area (Å²) in [5.41, 5.74) is 6.25. The molecule has 1 aliphatic rings. The van der Waals surface area contributed by atoms with E-state index in [9.17, 15) is 14.7 Å². The number of aromatic carboxylic acids is 1. The van der Waals surface area contributed by atoms with Gasteiger partial charge in [0, 0.05) is 36.3 Å². The lowest BCUT2D eigenvalue weighted by Gasteiger charge is -2.25. The molecule has 0 atom stereocenters. The van der Waals surface area contributed by atoms with E-state index in [2.05, 4.69) is 4.57 Å². The molecule has 1 fully saturated rings. The van der Waals surface area contributed by atoms with Crippen LogP contribution in [0.2, 0.25) is 5.02 Å².